The Morgan fingerprint density at radius 1 is 1.08 bits per heavy atom. The molecule has 0 aliphatic heterocycles. The maximum atomic E-state index is 10.9. The lowest BCUT2D eigenvalue weighted by atomic mass is 9.84. The van der Waals surface area contributed by atoms with Crippen molar-refractivity contribution in [2.45, 2.75) is 95.7 Å². The Hall–Kier alpha value is -2.44. The molecule has 0 aromatic carbocycles. The van der Waals surface area contributed by atoms with E-state index in [-0.39, 0.29) is 5.60 Å². The number of aliphatic hydroxyl groups is 3. The minimum absolute atomic E-state index is 0.245. The van der Waals surface area contributed by atoms with Crippen LogP contribution < -0.4 is 10.6 Å². The van der Waals surface area contributed by atoms with E-state index in [1.165, 1.54) is 17.8 Å². The van der Waals surface area contributed by atoms with Crippen LogP contribution in [-0.4, -0.2) is 78.4 Å². The summed E-state index contributed by atoms with van der Waals surface area (Å²) in [7, 11) is 1.77. The van der Waals surface area contributed by atoms with Crippen molar-refractivity contribution >= 4 is 33.3 Å². The van der Waals surface area contributed by atoms with Crippen LogP contribution in [0.4, 0.5) is 11.8 Å². The molecule has 212 valence electrons. The van der Waals surface area contributed by atoms with Gasteiger partial charge in [0.1, 0.15) is 22.4 Å². The van der Waals surface area contributed by atoms with Gasteiger partial charge in [-0.05, 0) is 53.0 Å². The van der Waals surface area contributed by atoms with Gasteiger partial charge in [-0.25, -0.2) is 9.97 Å². The summed E-state index contributed by atoms with van der Waals surface area (Å²) in [5.41, 5.74) is 1.78. The molecule has 39 heavy (non-hydrogen) atoms. The van der Waals surface area contributed by atoms with Crippen LogP contribution in [0.15, 0.2) is 12.3 Å². The van der Waals surface area contributed by atoms with Gasteiger partial charge in [0, 0.05) is 25.8 Å². The third kappa shape index (κ3) is 5.60. The van der Waals surface area contributed by atoms with Gasteiger partial charge in [-0.1, -0.05) is 19.3 Å². The zero-order valence-electron chi connectivity index (χ0n) is 23.4. The molecule has 3 heterocycles. The number of aromatic nitrogens is 4. The zero-order valence-corrected chi connectivity index (χ0v) is 24.2. The molecular formula is C28H40N6O4S. The fraction of sp³-hybridized carbons (Fsp3) is 0.643. The summed E-state index contributed by atoms with van der Waals surface area (Å²) in [6.07, 6.45) is 5.50. The number of thiazole rings is 1. The number of hydrogen-bond acceptors (Lipinski definition) is 11. The van der Waals surface area contributed by atoms with Gasteiger partial charge >= 0.3 is 0 Å². The summed E-state index contributed by atoms with van der Waals surface area (Å²) in [5, 5.41) is 39.8. The maximum absolute atomic E-state index is 10.9. The molecule has 5 N–H and O–H groups in total. The number of nitrogens with zero attached hydrogens (tertiary/aromatic N) is 4. The molecule has 2 aliphatic rings. The number of fused-ring (bicyclic) bond motifs is 1. The molecule has 0 amide bonds. The van der Waals surface area contributed by atoms with Crippen molar-refractivity contribution in [3.8, 4) is 10.6 Å². The number of aryl methyl sites for hydroxylation is 2. The largest absolute Gasteiger partial charge is 0.390 e. The molecule has 3 aromatic heterocycles. The highest BCUT2D eigenvalue weighted by atomic mass is 32.1. The van der Waals surface area contributed by atoms with Gasteiger partial charge in [-0.2, -0.15) is 4.98 Å². The molecule has 3 aromatic rings. The Bertz CT molecular complexity index is 1320. The second kappa shape index (κ2) is 10.9. The van der Waals surface area contributed by atoms with E-state index < -0.39 is 29.8 Å². The van der Waals surface area contributed by atoms with E-state index in [4.69, 9.17) is 19.7 Å². The number of rotatable bonds is 8. The van der Waals surface area contributed by atoms with Crippen LogP contribution in [0.25, 0.3) is 20.8 Å². The van der Waals surface area contributed by atoms with Crippen molar-refractivity contribution in [3.63, 3.8) is 0 Å². The van der Waals surface area contributed by atoms with Crippen LogP contribution in [0, 0.1) is 19.8 Å². The molecule has 0 spiro atoms. The predicted molar refractivity (Wildman–Crippen MR) is 153 cm³/mol. The van der Waals surface area contributed by atoms with E-state index in [0.717, 1.165) is 57.9 Å². The van der Waals surface area contributed by atoms with Crippen LogP contribution in [-0.2, 0) is 4.74 Å². The number of ether oxygens (including phenoxy) is 1. The fourth-order valence-corrected chi connectivity index (χ4v) is 7.16. The topological polar surface area (TPSA) is 146 Å². The third-order valence-electron chi connectivity index (χ3n) is 8.47. The standard InChI is InChI=1S/C28H40N6O4S/c1-15-20(25-33-21-16(2)29-12-9-19(21)39-25)24(32-18-13-17(27(3,4)37)22(35)23(18)36)34-26(31-15)30-14-28(38-5)10-7-6-8-11-28/h9,12,17-18,22-23,35-37H,6-8,10-11,13-14H2,1-5H3,(H2,30,31,32,34)/t17-,18+,22+,23-/m0/s1. The van der Waals surface area contributed by atoms with Crippen molar-refractivity contribution < 1.29 is 20.1 Å². The van der Waals surface area contributed by atoms with E-state index in [0.29, 0.717) is 24.7 Å². The van der Waals surface area contributed by atoms with Crippen LogP contribution in [0.2, 0.25) is 0 Å². The summed E-state index contributed by atoms with van der Waals surface area (Å²) in [6, 6.07) is 1.43. The molecule has 11 heteroatoms. The minimum atomic E-state index is -1.14. The third-order valence-corrected chi connectivity index (χ3v) is 9.51. The number of pyridine rings is 1. The lowest BCUT2D eigenvalue weighted by Gasteiger charge is -2.36. The molecule has 0 saturated heterocycles. The van der Waals surface area contributed by atoms with Gasteiger partial charge in [0.2, 0.25) is 5.95 Å². The van der Waals surface area contributed by atoms with Gasteiger partial charge < -0.3 is 30.7 Å². The normalized spacial score (nSPS) is 25.2. The highest BCUT2D eigenvalue weighted by Gasteiger charge is 2.48. The van der Waals surface area contributed by atoms with Gasteiger partial charge in [-0.3, -0.25) is 4.98 Å². The first-order valence-corrected chi connectivity index (χ1v) is 14.6. The van der Waals surface area contributed by atoms with E-state index in [9.17, 15) is 15.3 Å². The SMILES string of the molecule is COC1(CNc2nc(C)c(-c3nc4c(C)nccc4s3)c(N[C@@H]3C[C@H](C(C)(C)O)[C@@H](O)[C@H]3O)n2)CCCCC1. The van der Waals surface area contributed by atoms with Crippen molar-refractivity contribution in [3.05, 3.63) is 23.7 Å². The summed E-state index contributed by atoms with van der Waals surface area (Å²) < 4.78 is 6.96. The van der Waals surface area contributed by atoms with Crippen molar-refractivity contribution in [2.24, 2.45) is 5.92 Å². The summed E-state index contributed by atoms with van der Waals surface area (Å²) in [6.45, 7) is 7.78. The maximum Gasteiger partial charge on any atom is 0.225 e. The first kappa shape index (κ1) is 28.1. The number of hydrogen-bond donors (Lipinski definition) is 5. The number of nitrogens with one attached hydrogen (secondary N) is 2. The Balaban J connectivity index is 1.51. The molecule has 10 nitrogen and oxygen atoms in total. The first-order chi connectivity index (χ1) is 18.5. The number of methoxy groups -OCH3 is 1. The minimum Gasteiger partial charge on any atom is -0.390 e. The van der Waals surface area contributed by atoms with Crippen LogP contribution in [0.3, 0.4) is 0 Å². The number of anilines is 2. The quantitative estimate of drug-likeness (QED) is 0.278. The van der Waals surface area contributed by atoms with Gasteiger partial charge in [0.15, 0.2) is 0 Å². The molecule has 0 radical (unpaired) electrons. The smallest absolute Gasteiger partial charge is 0.225 e. The van der Waals surface area contributed by atoms with E-state index >= 15 is 0 Å². The molecular weight excluding hydrogens is 516 g/mol. The van der Waals surface area contributed by atoms with E-state index in [1.54, 1.807) is 27.2 Å². The highest BCUT2D eigenvalue weighted by Crippen LogP contribution is 2.40. The molecule has 2 fully saturated rings. The first-order valence-electron chi connectivity index (χ1n) is 13.8. The lowest BCUT2D eigenvalue weighted by Crippen LogP contribution is -2.41. The summed E-state index contributed by atoms with van der Waals surface area (Å²) >= 11 is 1.54. The summed E-state index contributed by atoms with van der Waals surface area (Å²) in [4.78, 5) is 18.9. The highest BCUT2D eigenvalue weighted by molar-refractivity contribution is 7.21. The van der Waals surface area contributed by atoms with E-state index in [1.807, 2.05) is 19.9 Å². The van der Waals surface area contributed by atoms with E-state index in [2.05, 4.69) is 15.6 Å². The lowest BCUT2D eigenvalue weighted by molar-refractivity contribution is -0.0601. The molecule has 2 aliphatic carbocycles. The van der Waals surface area contributed by atoms with Crippen LogP contribution >= 0.6 is 11.3 Å². The molecule has 0 bridgehead atoms. The predicted octanol–water partition coefficient (Wildman–Crippen LogP) is 3.82. The summed E-state index contributed by atoms with van der Waals surface area (Å²) in [5.74, 6) is 0.502. The van der Waals surface area contributed by atoms with Crippen molar-refractivity contribution in [1.29, 1.82) is 0 Å². The second-order valence-electron chi connectivity index (χ2n) is 11.6. The average Bonchev–Trinajstić information content (AvgIpc) is 3.45. The Morgan fingerprint density at radius 3 is 2.46 bits per heavy atom. The zero-order chi connectivity index (χ0) is 27.9. The van der Waals surface area contributed by atoms with Crippen LogP contribution in [0.1, 0.15) is 63.8 Å². The number of aliphatic hydroxyl groups excluding tert-OH is 2. The van der Waals surface area contributed by atoms with Gasteiger partial charge in [0.25, 0.3) is 0 Å². The molecule has 5 rings (SSSR count). The van der Waals surface area contributed by atoms with Crippen LogP contribution in [0.5, 0.6) is 0 Å². The second-order valence-corrected chi connectivity index (χ2v) is 12.7. The van der Waals surface area contributed by atoms with Gasteiger partial charge in [0.05, 0.1) is 45.0 Å². The average molecular weight is 557 g/mol. The Labute approximate surface area is 233 Å². The van der Waals surface area contributed by atoms with Crippen molar-refractivity contribution in [2.75, 3.05) is 24.3 Å². The Morgan fingerprint density at radius 2 is 1.82 bits per heavy atom. The molecule has 2 saturated carbocycles. The molecule has 4 atom stereocenters. The Kier molecular flexibility index (Phi) is 7.82. The fourth-order valence-electron chi connectivity index (χ4n) is 6.05. The molecule has 0 unspecified atom stereocenters. The monoisotopic (exact) mass is 556 g/mol. The van der Waals surface area contributed by atoms with Crippen molar-refractivity contribution in [1.82, 2.24) is 19.9 Å². The van der Waals surface area contributed by atoms with Gasteiger partial charge in [-0.15, -0.1) is 11.3 Å².